The second kappa shape index (κ2) is 8.17. The number of nitrogens with zero attached hydrogens (tertiary/aromatic N) is 4. The van der Waals surface area contributed by atoms with Crippen LogP contribution < -0.4 is 0 Å². The van der Waals surface area contributed by atoms with Crippen LogP contribution in [0.3, 0.4) is 0 Å². The van der Waals surface area contributed by atoms with E-state index in [0.717, 1.165) is 35.9 Å². The Balaban J connectivity index is 1.68. The molecule has 5 rings (SSSR count). The molecule has 1 unspecified atom stereocenters. The number of carbonyl (C=O) groups excluding carboxylic acids is 1. The van der Waals surface area contributed by atoms with E-state index in [1.165, 1.54) is 17.1 Å². The van der Waals surface area contributed by atoms with Gasteiger partial charge >= 0.3 is 6.03 Å². The molecule has 3 heterocycles. The Morgan fingerprint density at radius 1 is 1.13 bits per heavy atom. The number of hydrogen-bond donors (Lipinski definition) is 0. The summed E-state index contributed by atoms with van der Waals surface area (Å²) in [4.78, 5) is 15.0. The number of aromatic nitrogens is 1. The minimum Gasteiger partial charge on any atom is -0.316 e. The van der Waals surface area contributed by atoms with E-state index in [1.54, 1.807) is 23.1 Å². The van der Waals surface area contributed by atoms with Gasteiger partial charge in [-0.2, -0.15) is 0 Å². The van der Waals surface area contributed by atoms with Gasteiger partial charge in [-0.05, 0) is 62.2 Å². The Labute approximate surface area is 189 Å². The van der Waals surface area contributed by atoms with Crippen LogP contribution >= 0.6 is 11.6 Å². The minimum atomic E-state index is -1.95. The summed E-state index contributed by atoms with van der Waals surface area (Å²) in [5.74, 6) is -0.328. The number of rotatable bonds is 4. The molecule has 162 valence electrons. The fourth-order valence-electron chi connectivity index (χ4n) is 4.57. The third kappa shape index (κ3) is 3.58. The van der Waals surface area contributed by atoms with E-state index >= 15 is 0 Å². The van der Waals surface area contributed by atoms with Crippen molar-refractivity contribution in [2.24, 2.45) is 0 Å². The smallest absolute Gasteiger partial charge is 0.316 e. The highest BCUT2D eigenvalue weighted by Gasteiger charge is 2.41. The summed E-state index contributed by atoms with van der Waals surface area (Å²) >= 11 is 6.34. The van der Waals surface area contributed by atoms with E-state index in [4.69, 9.17) is 14.3 Å². The van der Waals surface area contributed by atoms with Gasteiger partial charge in [0.15, 0.2) is 0 Å². The maximum Gasteiger partial charge on any atom is 0.335 e. The molecule has 0 saturated carbocycles. The molecule has 0 spiro atoms. The normalized spacial score (nSPS) is 22.8. The van der Waals surface area contributed by atoms with Crippen molar-refractivity contribution >= 4 is 28.5 Å². The van der Waals surface area contributed by atoms with Crippen LogP contribution in [0, 0.1) is 5.82 Å². The lowest BCUT2D eigenvalue weighted by molar-refractivity contribution is 0.0111. The van der Waals surface area contributed by atoms with E-state index in [2.05, 4.69) is 0 Å². The van der Waals surface area contributed by atoms with Crippen LogP contribution in [0.1, 0.15) is 40.5 Å². The Bertz CT molecular complexity index is 1190. The zero-order chi connectivity index (χ0) is 23.3. The number of amides is 2. The number of hydrogen-bond acceptors (Lipinski definition) is 2. The van der Waals surface area contributed by atoms with E-state index < -0.39 is 12.5 Å². The molecule has 2 amide bonds. The number of likely N-dealkylation sites (N-methyl/N-ethyl adjacent to an activating group) is 1. The summed E-state index contributed by atoms with van der Waals surface area (Å²) in [6.07, 6.45) is 4.82. The molecule has 5 nitrogen and oxygen atoms in total. The van der Waals surface area contributed by atoms with Gasteiger partial charge in [0.05, 0.1) is 20.8 Å². The van der Waals surface area contributed by atoms with Gasteiger partial charge in [0.1, 0.15) is 5.82 Å². The monoisotopic (exact) mass is 442 g/mol. The molecule has 2 saturated heterocycles. The average molecular weight is 443 g/mol. The third-order valence-electron chi connectivity index (χ3n) is 6.14. The third-order valence-corrected chi connectivity index (χ3v) is 6.37. The number of fused-ring (bicyclic) bond motifs is 1. The van der Waals surface area contributed by atoms with E-state index in [-0.39, 0.29) is 11.8 Å². The van der Waals surface area contributed by atoms with Crippen molar-refractivity contribution in [2.75, 3.05) is 26.1 Å². The second-order valence-corrected chi connectivity index (χ2v) is 8.46. The maximum atomic E-state index is 13.6. The SMILES string of the molecule is [2H]C1([2H])C(c2cn(-c3ccc(F)cc3)c3ccc(Cl)cc23)N(CC)C(=O)N1N1CCCCC1. The van der Waals surface area contributed by atoms with Crippen LogP contribution in [0.5, 0.6) is 0 Å². The van der Waals surface area contributed by atoms with Crippen molar-refractivity contribution in [1.82, 2.24) is 19.5 Å². The first-order chi connectivity index (χ1) is 15.8. The second-order valence-electron chi connectivity index (χ2n) is 8.02. The number of hydrazine groups is 1. The van der Waals surface area contributed by atoms with E-state index in [1.807, 2.05) is 34.8 Å². The number of halogens is 2. The van der Waals surface area contributed by atoms with E-state index in [9.17, 15) is 9.18 Å². The van der Waals surface area contributed by atoms with Crippen molar-refractivity contribution in [2.45, 2.75) is 32.2 Å². The van der Waals surface area contributed by atoms with Gasteiger partial charge in [-0.25, -0.2) is 14.2 Å². The molecule has 1 aromatic heterocycles. The first-order valence-corrected chi connectivity index (χ1v) is 11.1. The zero-order valence-corrected chi connectivity index (χ0v) is 18.1. The standard InChI is InChI=1S/C24H26ClFN4O/c1-2-28-23(16-30(24(28)31)27-12-4-3-5-13-27)21-15-29(19-9-7-18(26)8-10-19)22-11-6-17(25)14-20(21)22/h6-11,14-15,23H,2-5,12-13,16H2,1H3/i16D2. The first-order valence-electron chi connectivity index (χ1n) is 11.7. The highest BCUT2D eigenvalue weighted by Crippen LogP contribution is 2.38. The Kier molecular flexibility index (Phi) is 4.76. The molecule has 0 N–H and O–H groups in total. The Morgan fingerprint density at radius 2 is 1.87 bits per heavy atom. The fourth-order valence-corrected chi connectivity index (χ4v) is 4.74. The van der Waals surface area contributed by atoms with Crippen LogP contribution in [0.4, 0.5) is 9.18 Å². The molecule has 0 aliphatic carbocycles. The number of benzene rings is 2. The largest absolute Gasteiger partial charge is 0.335 e. The van der Waals surface area contributed by atoms with Crippen LogP contribution in [-0.4, -0.2) is 51.6 Å². The van der Waals surface area contributed by atoms with Crippen molar-refractivity contribution in [1.29, 1.82) is 0 Å². The fraction of sp³-hybridized carbons (Fsp3) is 0.375. The summed E-state index contributed by atoms with van der Waals surface area (Å²) in [5.41, 5.74) is 2.24. The van der Waals surface area contributed by atoms with Crippen molar-refractivity contribution < 1.29 is 11.9 Å². The Hall–Kier alpha value is -2.57. The van der Waals surface area contributed by atoms with E-state index in [0.29, 0.717) is 30.2 Å². The Morgan fingerprint density at radius 3 is 2.58 bits per heavy atom. The van der Waals surface area contributed by atoms with Crippen LogP contribution in [-0.2, 0) is 0 Å². The van der Waals surface area contributed by atoms with Crippen LogP contribution in [0.2, 0.25) is 5.02 Å². The molecule has 2 aromatic carbocycles. The summed E-state index contributed by atoms with van der Waals surface area (Å²) in [7, 11) is 0. The van der Waals surface area contributed by atoms with Gasteiger partial charge < -0.3 is 9.47 Å². The van der Waals surface area contributed by atoms with Crippen molar-refractivity contribution in [3.05, 3.63) is 65.1 Å². The summed E-state index contributed by atoms with van der Waals surface area (Å²) in [5, 5.41) is 4.49. The molecular formula is C24H26ClFN4O. The zero-order valence-electron chi connectivity index (χ0n) is 19.4. The molecule has 2 aliphatic rings. The first kappa shape index (κ1) is 18.0. The van der Waals surface area contributed by atoms with Gasteiger partial charge in [-0.15, -0.1) is 0 Å². The summed E-state index contributed by atoms with van der Waals surface area (Å²) < 4.78 is 33.7. The van der Waals surface area contributed by atoms with Gasteiger partial charge in [0, 0.05) is 47.5 Å². The van der Waals surface area contributed by atoms with Gasteiger partial charge in [0.2, 0.25) is 0 Å². The lowest BCUT2D eigenvalue weighted by Crippen LogP contribution is -2.47. The molecule has 1 atom stereocenters. The molecule has 7 heteroatoms. The number of urea groups is 1. The molecule has 3 aromatic rings. The number of carbonyl (C=O) groups is 1. The van der Waals surface area contributed by atoms with Gasteiger partial charge in [-0.3, -0.25) is 5.01 Å². The highest BCUT2D eigenvalue weighted by atomic mass is 35.5. The summed E-state index contributed by atoms with van der Waals surface area (Å²) in [6, 6.07) is 10.5. The quantitative estimate of drug-likeness (QED) is 0.525. The van der Waals surface area contributed by atoms with Gasteiger partial charge in [-0.1, -0.05) is 18.0 Å². The molecule has 2 fully saturated rings. The topological polar surface area (TPSA) is 31.7 Å². The van der Waals surface area contributed by atoms with Gasteiger partial charge in [0.25, 0.3) is 0 Å². The predicted octanol–water partition coefficient (Wildman–Crippen LogP) is 5.62. The van der Waals surface area contributed by atoms with Crippen LogP contribution in [0.15, 0.2) is 48.7 Å². The lowest BCUT2D eigenvalue weighted by atomic mass is 10.1. The van der Waals surface area contributed by atoms with Crippen LogP contribution in [0.25, 0.3) is 16.6 Å². The lowest BCUT2D eigenvalue weighted by Gasteiger charge is -2.34. The highest BCUT2D eigenvalue weighted by molar-refractivity contribution is 6.31. The molecule has 0 bridgehead atoms. The average Bonchev–Trinajstić information content (AvgIpc) is 3.25. The van der Waals surface area contributed by atoms with Crippen molar-refractivity contribution in [3.8, 4) is 5.69 Å². The molecular weight excluding hydrogens is 415 g/mol. The molecule has 31 heavy (non-hydrogen) atoms. The minimum absolute atomic E-state index is 0.320. The summed E-state index contributed by atoms with van der Waals surface area (Å²) in [6.45, 7) is 1.62. The predicted molar refractivity (Wildman–Crippen MR) is 121 cm³/mol. The maximum absolute atomic E-state index is 13.6. The molecule has 2 aliphatic heterocycles. The van der Waals surface area contributed by atoms with Crippen molar-refractivity contribution in [3.63, 3.8) is 0 Å². The molecule has 0 radical (unpaired) electrons. The number of piperidine rings is 1.